The molecule has 0 unspecified atom stereocenters. The molecule has 0 saturated heterocycles. The van der Waals surface area contributed by atoms with Gasteiger partial charge in [-0.25, -0.2) is 4.39 Å². The van der Waals surface area contributed by atoms with E-state index in [-0.39, 0.29) is 5.75 Å². The number of halogens is 1. The number of hydrogen-bond donors (Lipinski definition) is 2. The molecule has 0 saturated carbocycles. The van der Waals surface area contributed by atoms with Crippen molar-refractivity contribution in [2.75, 3.05) is 0 Å². The van der Waals surface area contributed by atoms with Gasteiger partial charge >= 0.3 is 0 Å². The Morgan fingerprint density at radius 3 is 2.50 bits per heavy atom. The molecule has 2 amide bonds. The van der Waals surface area contributed by atoms with Gasteiger partial charge in [-0.2, -0.15) is 0 Å². The van der Waals surface area contributed by atoms with Crippen LogP contribution in [0.25, 0.3) is 10.1 Å². The van der Waals surface area contributed by atoms with Gasteiger partial charge in [0.15, 0.2) is 17.7 Å². The van der Waals surface area contributed by atoms with Crippen LogP contribution in [0.3, 0.4) is 0 Å². The molecule has 0 aliphatic rings. The van der Waals surface area contributed by atoms with Crippen molar-refractivity contribution in [2.45, 2.75) is 20.0 Å². The summed E-state index contributed by atoms with van der Waals surface area (Å²) < 4.78 is 19.8. The minimum atomic E-state index is -0.976. The smallest absolute Gasteiger partial charge is 0.280 e. The van der Waals surface area contributed by atoms with Gasteiger partial charge in [-0.15, -0.1) is 11.3 Å². The first kappa shape index (κ1) is 17.9. The summed E-state index contributed by atoms with van der Waals surface area (Å²) in [5.41, 5.74) is 5.55. The normalized spacial score (nSPS) is 11.8. The van der Waals surface area contributed by atoms with Gasteiger partial charge in [0.25, 0.3) is 11.8 Å². The number of rotatable bonds is 4. The van der Waals surface area contributed by atoms with Gasteiger partial charge in [-0.05, 0) is 43.0 Å². The average molecular weight is 372 g/mol. The van der Waals surface area contributed by atoms with Crippen LogP contribution < -0.4 is 15.6 Å². The lowest BCUT2D eigenvalue weighted by Gasteiger charge is -2.15. The van der Waals surface area contributed by atoms with E-state index < -0.39 is 23.7 Å². The zero-order valence-corrected chi connectivity index (χ0v) is 15.0. The van der Waals surface area contributed by atoms with Crippen LogP contribution in [-0.4, -0.2) is 17.9 Å². The molecule has 1 heterocycles. The number of nitrogens with one attached hydrogen (secondary N) is 2. The summed E-state index contributed by atoms with van der Waals surface area (Å²) >= 11 is 1.35. The highest BCUT2D eigenvalue weighted by Gasteiger charge is 2.19. The monoisotopic (exact) mass is 372 g/mol. The Labute approximate surface area is 153 Å². The van der Waals surface area contributed by atoms with E-state index in [0.717, 1.165) is 15.6 Å². The first-order valence-electron chi connectivity index (χ1n) is 7.97. The highest BCUT2D eigenvalue weighted by molar-refractivity contribution is 7.21. The molecule has 1 atom stereocenters. The highest BCUT2D eigenvalue weighted by Crippen LogP contribution is 2.30. The van der Waals surface area contributed by atoms with Crippen molar-refractivity contribution in [3.8, 4) is 5.75 Å². The van der Waals surface area contributed by atoms with Crippen LogP contribution in [0.15, 0.2) is 48.5 Å². The molecule has 5 nitrogen and oxygen atoms in total. The molecule has 26 heavy (non-hydrogen) atoms. The number of hydrazine groups is 1. The first-order chi connectivity index (χ1) is 12.5. The lowest BCUT2D eigenvalue weighted by molar-refractivity contribution is -0.128. The number of aryl methyl sites for hydroxylation is 1. The summed E-state index contributed by atoms with van der Waals surface area (Å²) in [6.07, 6.45) is -0.976. The Bertz CT molecular complexity index is 970. The van der Waals surface area contributed by atoms with Crippen LogP contribution >= 0.6 is 11.3 Å². The second-order valence-corrected chi connectivity index (χ2v) is 6.74. The van der Waals surface area contributed by atoms with E-state index in [9.17, 15) is 14.0 Å². The summed E-state index contributed by atoms with van der Waals surface area (Å²) in [6.45, 7) is 3.33. The van der Waals surface area contributed by atoms with E-state index in [1.807, 2.05) is 31.2 Å². The van der Waals surface area contributed by atoms with E-state index in [1.54, 1.807) is 6.07 Å². The number of amides is 2. The molecule has 1 aromatic heterocycles. The van der Waals surface area contributed by atoms with Crippen LogP contribution in [0.1, 0.15) is 22.2 Å². The Morgan fingerprint density at radius 1 is 1.08 bits per heavy atom. The molecule has 0 radical (unpaired) electrons. The van der Waals surface area contributed by atoms with Crippen LogP contribution in [0.5, 0.6) is 5.75 Å². The van der Waals surface area contributed by atoms with E-state index in [1.165, 1.54) is 36.5 Å². The molecule has 0 aliphatic heterocycles. The number of para-hydroxylation sites is 1. The number of ether oxygens (including phenoxy) is 1. The van der Waals surface area contributed by atoms with E-state index in [0.29, 0.717) is 4.88 Å². The van der Waals surface area contributed by atoms with Gasteiger partial charge in [-0.1, -0.05) is 30.3 Å². The Morgan fingerprint density at radius 2 is 1.77 bits per heavy atom. The minimum Gasteiger partial charge on any atom is -0.478 e. The topological polar surface area (TPSA) is 67.4 Å². The van der Waals surface area contributed by atoms with Crippen molar-refractivity contribution in [1.29, 1.82) is 0 Å². The average Bonchev–Trinajstić information content (AvgIpc) is 2.98. The fourth-order valence-electron chi connectivity index (χ4n) is 2.45. The van der Waals surface area contributed by atoms with E-state index in [4.69, 9.17) is 4.74 Å². The second-order valence-electron chi connectivity index (χ2n) is 5.69. The Balaban J connectivity index is 1.62. The Hall–Kier alpha value is -2.93. The van der Waals surface area contributed by atoms with Crippen LogP contribution in [-0.2, 0) is 4.79 Å². The minimum absolute atomic E-state index is 0.0261. The summed E-state index contributed by atoms with van der Waals surface area (Å²) in [5, 5.41) is 1.00. The first-order valence-corrected chi connectivity index (χ1v) is 8.78. The molecule has 7 heteroatoms. The molecule has 0 bridgehead atoms. The molecule has 3 aromatic rings. The third-order valence-electron chi connectivity index (χ3n) is 3.86. The summed E-state index contributed by atoms with van der Waals surface area (Å²) in [7, 11) is 0. The number of thiophene rings is 1. The molecule has 0 aliphatic carbocycles. The predicted octanol–water partition coefficient (Wildman–Crippen LogP) is 3.58. The molecular formula is C19H17FN2O3S. The van der Waals surface area contributed by atoms with E-state index in [2.05, 4.69) is 10.9 Å². The number of benzene rings is 2. The molecule has 134 valence electrons. The summed E-state index contributed by atoms with van der Waals surface area (Å²) in [5.74, 6) is -1.57. The predicted molar refractivity (Wildman–Crippen MR) is 98.7 cm³/mol. The molecule has 3 rings (SSSR count). The van der Waals surface area contributed by atoms with Gasteiger partial charge in [0.05, 0.1) is 4.88 Å². The maximum atomic E-state index is 13.6. The number of carbonyl (C=O) groups is 2. The standard InChI is InChI=1S/C19H17FN2O3S/c1-11-13-7-3-6-10-16(13)26-17(11)19(24)22-21-18(23)12(2)25-15-9-5-4-8-14(15)20/h3-10,12H,1-2H3,(H,21,23)(H,22,24)/t12-/m0/s1. The van der Waals surface area contributed by atoms with Crippen molar-refractivity contribution in [3.05, 3.63) is 64.8 Å². The van der Waals surface area contributed by atoms with Gasteiger partial charge < -0.3 is 4.74 Å². The zero-order chi connectivity index (χ0) is 18.7. The summed E-state index contributed by atoms with van der Waals surface area (Å²) in [6, 6.07) is 13.5. The van der Waals surface area contributed by atoms with Crippen LogP contribution in [0, 0.1) is 12.7 Å². The highest BCUT2D eigenvalue weighted by atomic mass is 32.1. The quantitative estimate of drug-likeness (QED) is 0.688. The van der Waals surface area contributed by atoms with Gasteiger partial charge in [0.1, 0.15) is 0 Å². The largest absolute Gasteiger partial charge is 0.478 e. The third-order valence-corrected chi connectivity index (χ3v) is 5.13. The van der Waals surface area contributed by atoms with Gasteiger partial charge in [0, 0.05) is 4.70 Å². The maximum absolute atomic E-state index is 13.6. The Kier molecular flexibility index (Phi) is 5.18. The number of carbonyl (C=O) groups excluding carboxylic acids is 2. The van der Waals surface area contributed by atoms with Gasteiger partial charge in [-0.3, -0.25) is 20.4 Å². The summed E-state index contributed by atoms with van der Waals surface area (Å²) in [4.78, 5) is 25.0. The maximum Gasteiger partial charge on any atom is 0.280 e. The second kappa shape index (κ2) is 7.53. The zero-order valence-electron chi connectivity index (χ0n) is 14.2. The fourth-order valence-corrected chi connectivity index (χ4v) is 3.56. The van der Waals surface area contributed by atoms with Crippen LogP contribution in [0.2, 0.25) is 0 Å². The van der Waals surface area contributed by atoms with Crippen molar-refractivity contribution < 1.29 is 18.7 Å². The number of hydrogen-bond acceptors (Lipinski definition) is 4. The SMILES string of the molecule is Cc1c(C(=O)NNC(=O)[C@H](C)Oc2ccccc2F)sc2ccccc12. The van der Waals surface area contributed by atoms with E-state index >= 15 is 0 Å². The van der Waals surface area contributed by atoms with Crippen LogP contribution in [0.4, 0.5) is 4.39 Å². The molecule has 2 aromatic carbocycles. The third kappa shape index (κ3) is 3.67. The van der Waals surface area contributed by atoms with Crippen molar-refractivity contribution in [3.63, 3.8) is 0 Å². The number of fused-ring (bicyclic) bond motifs is 1. The van der Waals surface area contributed by atoms with Crippen molar-refractivity contribution in [2.24, 2.45) is 0 Å². The molecule has 0 spiro atoms. The van der Waals surface area contributed by atoms with Crippen molar-refractivity contribution in [1.82, 2.24) is 10.9 Å². The molecular weight excluding hydrogens is 355 g/mol. The lowest BCUT2D eigenvalue weighted by Crippen LogP contribution is -2.47. The molecule has 2 N–H and O–H groups in total. The van der Waals surface area contributed by atoms with Gasteiger partial charge in [0.2, 0.25) is 0 Å². The van der Waals surface area contributed by atoms with Crippen molar-refractivity contribution >= 4 is 33.2 Å². The molecule has 0 fully saturated rings. The fraction of sp³-hybridized carbons (Fsp3) is 0.158. The lowest BCUT2D eigenvalue weighted by atomic mass is 10.1.